The number of halogens is 3. The van der Waals surface area contributed by atoms with Crippen molar-refractivity contribution in [1.29, 1.82) is 5.26 Å². The number of benzene rings is 1. The molecule has 0 radical (unpaired) electrons. The molecular weight excluding hydrogens is 433 g/mol. The number of nitrogens with one attached hydrogen (secondary N) is 1. The smallest absolute Gasteiger partial charge is 0.138 e. The fourth-order valence-corrected chi connectivity index (χ4v) is 2.94. The normalized spacial score (nSPS) is 11.6. The average Bonchev–Trinajstić information content (AvgIpc) is 2.64. The lowest BCUT2D eigenvalue weighted by Crippen LogP contribution is -2.46. The van der Waals surface area contributed by atoms with Crippen molar-refractivity contribution in [3.05, 3.63) is 58.4 Å². The highest BCUT2D eigenvalue weighted by Gasteiger charge is 2.20. The van der Waals surface area contributed by atoms with Crippen LogP contribution in [-0.2, 0) is 12.8 Å². The second-order valence-electron chi connectivity index (χ2n) is 7.14. The zero-order valence-electron chi connectivity index (χ0n) is 16.8. The molecule has 0 fully saturated rings. The SMILES string of the molecule is CCc1ccnc(CC(C)(C)NCC(O)COc2cccc(Cl)c2C#N)c1.Cl.Cl. The van der Waals surface area contributed by atoms with Crippen molar-refractivity contribution in [1.82, 2.24) is 10.3 Å². The second-order valence-corrected chi connectivity index (χ2v) is 7.55. The summed E-state index contributed by atoms with van der Waals surface area (Å²) in [6, 6.07) is 11.2. The maximum absolute atomic E-state index is 10.2. The fourth-order valence-electron chi connectivity index (χ4n) is 2.73. The number of aliphatic hydroxyl groups is 1. The predicted octanol–water partition coefficient (Wildman–Crippen LogP) is 4.36. The summed E-state index contributed by atoms with van der Waals surface area (Å²) in [5.74, 6) is 0.379. The zero-order chi connectivity index (χ0) is 19.9. The van der Waals surface area contributed by atoms with Crippen molar-refractivity contribution in [3.63, 3.8) is 0 Å². The van der Waals surface area contributed by atoms with E-state index < -0.39 is 6.10 Å². The zero-order valence-corrected chi connectivity index (χ0v) is 19.2. The van der Waals surface area contributed by atoms with Gasteiger partial charge >= 0.3 is 0 Å². The minimum Gasteiger partial charge on any atom is -0.489 e. The standard InChI is InChI=1S/C21H26ClN3O2.2ClH/c1-4-15-8-9-24-16(10-15)11-21(2,3)25-13-17(26)14-27-20-7-5-6-19(22)18(20)12-23;;/h5-10,17,25-26H,4,11,13-14H2,1-3H3;2*1H. The van der Waals surface area contributed by atoms with Crippen LogP contribution in [0.5, 0.6) is 5.75 Å². The summed E-state index contributed by atoms with van der Waals surface area (Å²) >= 11 is 5.98. The lowest BCUT2D eigenvalue weighted by Gasteiger charge is -2.27. The number of aryl methyl sites for hydroxylation is 1. The first-order valence-corrected chi connectivity index (χ1v) is 9.40. The minimum absolute atomic E-state index is 0. The molecule has 8 heteroatoms. The van der Waals surface area contributed by atoms with E-state index in [0.717, 1.165) is 18.5 Å². The molecule has 1 aromatic heterocycles. The van der Waals surface area contributed by atoms with Crippen LogP contribution in [0.3, 0.4) is 0 Å². The number of pyridine rings is 1. The highest BCUT2D eigenvalue weighted by molar-refractivity contribution is 6.31. The quantitative estimate of drug-likeness (QED) is 0.581. The van der Waals surface area contributed by atoms with Gasteiger partial charge in [0.25, 0.3) is 0 Å². The van der Waals surface area contributed by atoms with E-state index >= 15 is 0 Å². The van der Waals surface area contributed by atoms with Gasteiger partial charge in [-0.25, -0.2) is 0 Å². The van der Waals surface area contributed by atoms with Crippen LogP contribution < -0.4 is 10.1 Å². The number of ether oxygens (including phenoxy) is 1. The summed E-state index contributed by atoms with van der Waals surface area (Å²) in [6.45, 7) is 6.71. The minimum atomic E-state index is -0.718. The predicted molar refractivity (Wildman–Crippen MR) is 122 cm³/mol. The van der Waals surface area contributed by atoms with Gasteiger partial charge in [0.15, 0.2) is 0 Å². The molecule has 160 valence electrons. The van der Waals surface area contributed by atoms with Crippen LogP contribution in [0.25, 0.3) is 0 Å². The molecule has 1 atom stereocenters. The van der Waals surface area contributed by atoms with Gasteiger partial charge in [-0.1, -0.05) is 24.6 Å². The second kappa shape index (κ2) is 12.9. The maximum Gasteiger partial charge on any atom is 0.138 e. The van der Waals surface area contributed by atoms with Crippen LogP contribution in [-0.4, -0.2) is 34.9 Å². The Bertz CT molecular complexity index is 810. The molecule has 0 saturated carbocycles. The number of aromatic nitrogens is 1. The van der Waals surface area contributed by atoms with Gasteiger partial charge in [0.2, 0.25) is 0 Å². The van der Waals surface area contributed by atoms with Crippen LogP contribution >= 0.6 is 36.4 Å². The van der Waals surface area contributed by atoms with Crippen LogP contribution in [0.1, 0.15) is 37.6 Å². The Kier molecular flexibility index (Phi) is 12.2. The number of hydrogen-bond acceptors (Lipinski definition) is 5. The van der Waals surface area contributed by atoms with Gasteiger partial charge in [-0.15, -0.1) is 24.8 Å². The Labute approximate surface area is 190 Å². The number of β-amino-alcohol motifs (C(OH)–C–C–N with tert-alkyl or cyclic N) is 1. The first kappa shape index (κ1) is 27.5. The molecule has 29 heavy (non-hydrogen) atoms. The topological polar surface area (TPSA) is 78.2 Å². The first-order chi connectivity index (χ1) is 12.8. The van der Waals surface area contributed by atoms with E-state index in [0.29, 0.717) is 17.3 Å². The van der Waals surface area contributed by atoms with E-state index in [2.05, 4.69) is 37.1 Å². The highest BCUT2D eigenvalue weighted by Crippen LogP contribution is 2.25. The van der Waals surface area contributed by atoms with Crippen LogP contribution in [0, 0.1) is 11.3 Å². The third-order valence-electron chi connectivity index (χ3n) is 4.25. The lowest BCUT2D eigenvalue weighted by molar-refractivity contribution is 0.0986. The largest absolute Gasteiger partial charge is 0.489 e. The molecule has 0 aliphatic carbocycles. The Morgan fingerprint density at radius 1 is 1.31 bits per heavy atom. The van der Waals surface area contributed by atoms with Crippen molar-refractivity contribution >= 4 is 36.4 Å². The van der Waals surface area contributed by atoms with Gasteiger partial charge in [0.1, 0.15) is 30.1 Å². The molecule has 0 aliphatic rings. The number of hydrogen-bond donors (Lipinski definition) is 2. The molecule has 0 saturated heterocycles. The molecule has 2 aromatic rings. The van der Waals surface area contributed by atoms with E-state index in [1.807, 2.05) is 18.3 Å². The molecular formula is C21H28Cl3N3O2. The molecule has 2 N–H and O–H groups in total. The molecule has 1 unspecified atom stereocenters. The summed E-state index contributed by atoms with van der Waals surface area (Å²) in [7, 11) is 0. The molecule has 0 aliphatic heterocycles. The Morgan fingerprint density at radius 2 is 2.03 bits per heavy atom. The lowest BCUT2D eigenvalue weighted by atomic mass is 9.96. The maximum atomic E-state index is 10.2. The Hall–Kier alpha value is -1.55. The monoisotopic (exact) mass is 459 g/mol. The number of aliphatic hydroxyl groups excluding tert-OH is 1. The van der Waals surface area contributed by atoms with Crippen molar-refractivity contribution in [2.24, 2.45) is 0 Å². The van der Waals surface area contributed by atoms with Gasteiger partial charge in [0, 0.05) is 30.4 Å². The highest BCUT2D eigenvalue weighted by atomic mass is 35.5. The molecule has 0 amide bonds. The number of rotatable bonds is 9. The summed E-state index contributed by atoms with van der Waals surface area (Å²) < 4.78 is 5.58. The van der Waals surface area contributed by atoms with Crippen LogP contribution in [0.2, 0.25) is 5.02 Å². The molecule has 2 rings (SSSR count). The Balaban J connectivity index is 0.00000392. The van der Waals surface area contributed by atoms with E-state index in [1.165, 1.54) is 5.56 Å². The third kappa shape index (κ3) is 8.77. The Morgan fingerprint density at radius 3 is 2.69 bits per heavy atom. The molecule has 1 aromatic carbocycles. The van der Waals surface area contributed by atoms with Gasteiger partial charge in [0.05, 0.1) is 5.02 Å². The van der Waals surface area contributed by atoms with Gasteiger partial charge in [-0.05, 0) is 50.1 Å². The molecule has 0 bridgehead atoms. The van der Waals surface area contributed by atoms with E-state index in [4.69, 9.17) is 21.6 Å². The third-order valence-corrected chi connectivity index (χ3v) is 4.56. The molecule has 0 spiro atoms. The average molecular weight is 461 g/mol. The van der Waals surface area contributed by atoms with Crippen molar-refractivity contribution in [2.75, 3.05) is 13.2 Å². The van der Waals surface area contributed by atoms with Crippen LogP contribution in [0.4, 0.5) is 0 Å². The summed E-state index contributed by atoms with van der Waals surface area (Å²) in [6.07, 6.45) is 2.85. The summed E-state index contributed by atoms with van der Waals surface area (Å²) in [4.78, 5) is 4.43. The van der Waals surface area contributed by atoms with Gasteiger partial charge in [-0.3, -0.25) is 4.98 Å². The number of nitrogens with zero attached hydrogens (tertiary/aromatic N) is 2. The van der Waals surface area contributed by atoms with Gasteiger partial charge < -0.3 is 15.2 Å². The summed E-state index contributed by atoms with van der Waals surface area (Å²) in [5, 5.41) is 23.1. The van der Waals surface area contributed by atoms with Crippen molar-refractivity contribution < 1.29 is 9.84 Å². The number of nitriles is 1. The molecule has 5 nitrogen and oxygen atoms in total. The fraction of sp³-hybridized carbons (Fsp3) is 0.429. The van der Waals surface area contributed by atoms with Crippen molar-refractivity contribution in [3.8, 4) is 11.8 Å². The molecule has 1 heterocycles. The van der Waals surface area contributed by atoms with Crippen molar-refractivity contribution in [2.45, 2.75) is 45.3 Å². The van der Waals surface area contributed by atoms with Gasteiger partial charge in [-0.2, -0.15) is 5.26 Å². The van der Waals surface area contributed by atoms with Crippen LogP contribution in [0.15, 0.2) is 36.5 Å². The van der Waals surface area contributed by atoms with E-state index in [9.17, 15) is 5.11 Å². The van der Waals surface area contributed by atoms with E-state index in [1.54, 1.807) is 18.2 Å². The van der Waals surface area contributed by atoms with E-state index in [-0.39, 0.29) is 42.5 Å². The summed E-state index contributed by atoms with van der Waals surface area (Å²) in [5.41, 5.74) is 2.34. The first-order valence-electron chi connectivity index (χ1n) is 9.03.